The average Bonchev–Trinajstić information content (AvgIpc) is 3.16. The monoisotopic (exact) mass is 476 g/mol. The van der Waals surface area contributed by atoms with Crippen LogP contribution in [0.1, 0.15) is 71.5 Å². The number of carboxylic acid groups (broad SMARTS) is 1. The molecule has 34 heavy (non-hydrogen) atoms. The van der Waals surface area contributed by atoms with Gasteiger partial charge in [-0.05, 0) is 61.6 Å². The first-order chi connectivity index (χ1) is 16.3. The van der Waals surface area contributed by atoms with Gasteiger partial charge in [-0.3, -0.25) is 9.59 Å². The molecule has 0 saturated heterocycles. The maximum atomic E-state index is 13.1. The molecule has 176 valence electrons. The fourth-order valence-electron chi connectivity index (χ4n) is 4.40. The molecule has 6 nitrogen and oxygen atoms in total. The number of benzene rings is 2. The second-order valence-electron chi connectivity index (χ2n) is 8.71. The Balaban J connectivity index is 1.56. The van der Waals surface area contributed by atoms with Crippen LogP contribution in [0.5, 0.6) is 0 Å². The number of nitrogens with zero attached hydrogens (tertiary/aromatic N) is 1. The number of carbonyl (C=O) groups is 3. The summed E-state index contributed by atoms with van der Waals surface area (Å²) in [6.07, 6.45) is 2.41. The molecule has 4 rings (SSSR count). The summed E-state index contributed by atoms with van der Waals surface area (Å²) in [4.78, 5) is 40.6. The number of hydrogen-bond acceptors (Lipinski definition) is 4. The van der Waals surface area contributed by atoms with Crippen LogP contribution >= 0.6 is 11.3 Å². The standard InChI is InChI=1S/C27H28N2O4S/c1-4-5-18-7-9-19(10-8-18)24(30)28-25-23(27(32)33)21-12-13-29(15-22(21)34-25)26(31)20-11-6-16(2)14-17(20)3/h6-11,14H,4-5,12-13,15H2,1-3H3,(H,28,30)(H,32,33). The summed E-state index contributed by atoms with van der Waals surface area (Å²) < 4.78 is 0. The summed E-state index contributed by atoms with van der Waals surface area (Å²) in [5.41, 5.74) is 5.15. The minimum absolute atomic E-state index is 0.0637. The van der Waals surface area contributed by atoms with Crippen LogP contribution in [-0.4, -0.2) is 34.3 Å². The third-order valence-corrected chi connectivity index (χ3v) is 7.28. The lowest BCUT2D eigenvalue weighted by molar-refractivity contribution is 0.0696. The highest BCUT2D eigenvalue weighted by molar-refractivity contribution is 7.17. The van der Waals surface area contributed by atoms with E-state index >= 15 is 0 Å². The van der Waals surface area contributed by atoms with Crippen LogP contribution in [0.3, 0.4) is 0 Å². The average molecular weight is 477 g/mol. The van der Waals surface area contributed by atoms with Crippen LogP contribution < -0.4 is 5.32 Å². The number of thiophene rings is 1. The molecule has 0 spiro atoms. The first-order valence-electron chi connectivity index (χ1n) is 11.4. The van der Waals surface area contributed by atoms with E-state index in [2.05, 4.69) is 12.2 Å². The van der Waals surface area contributed by atoms with E-state index in [1.54, 1.807) is 17.0 Å². The second-order valence-corrected chi connectivity index (χ2v) is 9.81. The summed E-state index contributed by atoms with van der Waals surface area (Å²) >= 11 is 1.24. The first-order valence-corrected chi connectivity index (χ1v) is 12.2. The Morgan fingerprint density at radius 2 is 1.82 bits per heavy atom. The molecule has 2 N–H and O–H groups in total. The van der Waals surface area contributed by atoms with Crippen LogP contribution in [0.2, 0.25) is 0 Å². The molecule has 0 saturated carbocycles. The van der Waals surface area contributed by atoms with Gasteiger partial charge in [0.1, 0.15) is 5.00 Å². The van der Waals surface area contributed by atoms with Gasteiger partial charge in [-0.1, -0.05) is 43.2 Å². The van der Waals surface area contributed by atoms with Gasteiger partial charge in [0.25, 0.3) is 11.8 Å². The number of rotatable bonds is 6. The highest BCUT2D eigenvalue weighted by Gasteiger charge is 2.31. The molecule has 1 aliphatic heterocycles. The quantitative estimate of drug-likeness (QED) is 0.494. The van der Waals surface area contributed by atoms with Crippen molar-refractivity contribution < 1.29 is 19.5 Å². The van der Waals surface area contributed by atoms with Crippen LogP contribution in [0.4, 0.5) is 5.00 Å². The zero-order valence-electron chi connectivity index (χ0n) is 19.6. The topological polar surface area (TPSA) is 86.7 Å². The van der Waals surface area contributed by atoms with Gasteiger partial charge >= 0.3 is 5.97 Å². The zero-order chi connectivity index (χ0) is 24.4. The molecule has 7 heteroatoms. The summed E-state index contributed by atoms with van der Waals surface area (Å²) in [6.45, 7) is 6.77. The molecular formula is C27H28N2O4S. The maximum Gasteiger partial charge on any atom is 0.339 e. The number of fused-ring (bicyclic) bond motifs is 1. The molecule has 2 aromatic carbocycles. The molecule has 0 fully saturated rings. The van der Waals surface area contributed by atoms with E-state index in [1.165, 1.54) is 11.3 Å². The summed E-state index contributed by atoms with van der Waals surface area (Å²) in [5.74, 6) is -1.47. The number of carbonyl (C=O) groups excluding carboxylic acids is 2. The molecular weight excluding hydrogens is 448 g/mol. The predicted molar refractivity (Wildman–Crippen MR) is 134 cm³/mol. The molecule has 3 aromatic rings. The van der Waals surface area contributed by atoms with E-state index in [1.807, 2.05) is 44.2 Å². The predicted octanol–water partition coefficient (Wildman–Crippen LogP) is 5.47. The number of aromatic carboxylic acids is 1. The first kappa shape index (κ1) is 23.7. The molecule has 0 atom stereocenters. The maximum absolute atomic E-state index is 13.1. The van der Waals surface area contributed by atoms with Gasteiger partial charge in [0.05, 0.1) is 12.1 Å². The minimum Gasteiger partial charge on any atom is -0.478 e. The molecule has 0 radical (unpaired) electrons. The van der Waals surface area contributed by atoms with E-state index in [9.17, 15) is 19.5 Å². The number of amides is 2. The van der Waals surface area contributed by atoms with Crippen molar-refractivity contribution in [1.82, 2.24) is 4.90 Å². The van der Waals surface area contributed by atoms with Crippen molar-refractivity contribution in [1.29, 1.82) is 0 Å². The molecule has 0 bridgehead atoms. The Morgan fingerprint density at radius 3 is 2.47 bits per heavy atom. The molecule has 2 heterocycles. The lowest BCUT2D eigenvalue weighted by Gasteiger charge is -2.27. The molecule has 0 unspecified atom stereocenters. The molecule has 2 amide bonds. The van der Waals surface area contributed by atoms with Crippen LogP contribution in [-0.2, 0) is 19.4 Å². The normalized spacial score (nSPS) is 12.9. The van der Waals surface area contributed by atoms with Gasteiger partial charge in [0.2, 0.25) is 0 Å². The summed E-state index contributed by atoms with van der Waals surface area (Å²) in [6, 6.07) is 13.1. The van der Waals surface area contributed by atoms with E-state index in [-0.39, 0.29) is 17.4 Å². The van der Waals surface area contributed by atoms with E-state index < -0.39 is 5.97 Å². The number of hydrogen-bond donors (Lipinski definition) is 2. The highest BCUT2D eigenvalue weighted by atomic mass is 32.1. The third-order valence-electron chi connectivity index (χ3n) is 6.15. The largest absolute Gasteiger partial charge is 0.478 e. The van der Waals surface area contributed by atoms with Crippen molar-refractivity contribution in [2.75, 3.05) is 11.9 Å². The summed E-state index contributed by atoms with van der Waals surface area (Å²) in [5, 5.41) is 13.0. The fourth-order valence-corrected chi connectivity index (χ4v) is 5.65. The van der Waals surface area contributed by atoms with Crippen LogP contribution in [0.25, 0.3) is 0 Å². The van der Waals surface area contributed by atoms with Gasteiger partial charge in [-0.2, -0.15) is 0 Å². The van der Waals surface area contributed by atoms with E-state index in [4.69, 9.17) is 0 Å². The van der Waals surface area contributed by atoms with Crippen LogP contribution in [0, 0.1) is 13.8 Å². The van der Waals surface area contributed by atoms with E-state index in [0.29, 0.717) is 41.2 Å². The smallest absolute Gasteiger partial charge is 0.339 e. The van der Waals surface area contributed by atoms with Crippen molar-refractivity contribution in [2.45, 2.75) is 46.6 Å². The van der Waals surface area contributed by atoms with Crippen LogP contribution in [0.15, 0.2) is 42.5 Å². The van der Waals surface area contributed by atoms with Gasteiger partial charge in [-0.25, -0.2) is 4.79 Å². The Morgan fingerprint density at radius 1 is 1.09 bits per heavy atom. The van der Waals surface area contributed by atoms with Gasteiger partial charge in [0.15, 0.2) is 0 Å². The SMILES string of the molecule is CCCc1ccc(C(=O)Nc2sc3c(c2C(=O)O)CCN(C(=O)c2ccc(C)cc2C)C3)cc1. The Kier molecular flexibility index (Phi) is 6.84. The lowest BCUT2D eigenvalue weighted by atomic mass is 10.0. The van der Waals surface area contributed by atoms with Crippen molar-refractivity contribution >= 4 is 34.1 Å². The lowest BCUT2D eigenvalue weighted by Crippen LogP contribution is -2.36. The minimum atomic E-state index is -1.07. The van der Waals surface area contributed by atoms with Gasteiger partial charge in [-0.15, -0.1) is 11.3 Å². The van der Waals surface area contributed by atoms with Crippen molar-refractivity contribution in [3.8, 4) is 0 Å². The zero-order valence-corrected chi connectivity index (χ0v) is 20.4. The number of carboxylic acids is 1. The molecule has 0 aliphatic carbocycles. The fraction of sp³-hybridized carbons (Fsp3) is 0.296. The van der Waals surface area contributed by atoms with Crippen molar-refractivity contribution in [2.24, 2.45) is 0 Å². The van der Waals surface area contributed by atoms with E-state index in [0.717, 1.165) is 34.4 Å². The van der Waals surface area contributed by atoms with Gasteiger partial charge < -0.3 is 15.3 Å². The third kappa shape index (κ3) is 4.75. The summed E-state index contributed by atoms with van der Waals surface area (Å²) in [7, 11) is 0. The number of nitrogens with one attached hydrogen (secondary N) is 1. The van der Waals surface area contributed by atoms with Gasteiger partial charge in [0, 0.05) is 22.5 Å². The molecule has 1 aliphatic rings. The number of anilines is 1. The van der Waals surface area contributed by atoms with Crippen molar-refractivity contribution in [3.05, 3.63) is 86.3 Å². The Bertz CT molecular complexity index is 1260. The van der Waals surface area contributed by atoms with Crippen molar-refractivity contribution in [3.63, 3.8) is 0 Å². The second kappa shape index (κ2) is 9.81. The molecule has 1 aromatic heterocycles. The number of aryl methyl sites for hydroxylation is 3. The Hall–Kier alpha value is -3.45. The Labute approximate surface area is 203 Å². The highest BCUT2D eigenvalue weighted by Crippen LogP contribution is 2.38.